The number of rotatable bonds is 7. The molecular formula is C24H34N4O4. The number of methoxy groups -OCH3 is 1. The summed E-state index contributed by atoms with van der Waals surface area (Å²) in [5, 5.41) is 6.39. The minimum atomic E-state index is -0.184. The molecule has 3 fully saturated rings. The van der Waals surface area contributed by atoms with E-state index in [0.717, 1.165) is 50.1 Å². The Balaban J connectivity index is 1.28. The molecule has 2 amide bonds. The Morgan fingerprint density at radius 2 is 1.81 bits per heavy atom. The Bertz CT molecular complexity index is 835. The fraction of sp³-hybridized carbons (Fsp3) is 0.625. The third kappa shape index (κ3) is 4.96. The van der Waals surface area contributed by atoms with Gasteiger partial charge in [-0.1, -0.05) is 6.92 Å². The molecule has 1 aromatic rings. The predicted molar refractivity (Wildman–Crippen MR) is 120 cm³/mol. The van der Waals surface area contributed by atoms with Crippen molar-refractivity contribution < 1.29 is 19.1 Å². The molecule has 174 valence electrons. The molecule has 3 unspecified atom stereocenters. The highest BCUT2D eigenvalue weighted by Gasteiger charge is 2.39. The van der Waals surface area contributed by atoms with Gasteiger partial charge in [0.25, 0.3) is 0 Å². The summed E-state index contributed by atoms with van der Waals surface area (Å²) in [7, 11) is 1.61. The van der Waals surface area contributed by atoms with Crippen LogP contribution in [-0.2, 0) is 9.59 Å². The van der Waals surface area contributed by atoms with E-state index in [-0.39, 0.29) is 41.8 Å². The van der Waals surface area contributed by atoms with Gasteiger partial charge in [-0.3, -0.25) is 24.6 Å². The molecule has 0 saturated carbocycles. The largest absolute Gasteiger partial charge is 0.497 e. The summed E-state index contributed by atoms with van der Waals surface area (Å²) >= 11 is 0. The molecule has 8 nitrogen and oxygen atoms in total. The third-order valence-electron chi connectivity index (χ3n) is 7.08. The Morgan fingerprint density at radius 1 is 1.09 bits per heavy atom. The SMILES string of the molecule is CCC1CC(=O)NC(CN2CCC(N3CCC(C(=O)c4ccc(OC)cc4)CC3)C2=O)N1. The van der Waals surface area contributed by atoms with Crippen LogP contribution >= 0.6 is 0 Å². The van der Waals surface area contributed by atoms with Crippen LogP contribution in [0.2, 0.25) is 0 Å². The van der Waals surface area contributed by atoms with Gasteiger partial charge in [-0.2, -0.15) is 0 Å². The van der Waals surface area contributed by atoms with Crippen molar-refractivity contribution in [3.63, 3.8) is 0 Å². The number of carbonyl (C=O) groups is 3. The van der Waals surface area contributed by atoms with E-state index in [9.17, 15) is 14.4 Å². The molecule has 0 aromatic heterocycles. The second-order valence-electron chi connectivity index (χ2n) is 9.09. The summed E-state index contributed by atoms with van der Waals surface area (Å²) in [5.74, 6) is 1.11. The number of nitrogens with zero attached hydrogens (tertiary/aromatic N) is 2. The molecule has 8 heteroatoms. The molecule has 32 heavy (non-hydrogen) atoms. The van der Waals surface area contributed by atoms with Crippen molar-refractivity contribution in [3.05, 3.63) is 29.8 Å². The maximum absolute atomic E-state index is 13.1. The maximum atomic E-state index is 13.1. The van der Waals surface area contributed by atoms with Gasteiger partial charge in [0.1, 0.15) is 5.75 Å². The number of nitrogens with one attached hydrogen (secondary N) is 2. The average molecular weight is 443 g/mol. The van der Waals surface area contributed by atoms with Crippen molar-refractivity contribution in [1.82, 2.24) is 20.4 Å². The fourth-order valence-corrected chi connectivity index (χ4v) is 5.15. The number of amides is 2. The standard InChI is InChI=1S/C24H34N4O4/c1-3-18-14-22(29)26-21(25-18)15-28-13-10-20(24(28)31)27-11-8-17(9-12-27)23(30)16-4-6-19(32-2)7-5-16/h4-7,17-18,20-21,25H,3,8-15H2,1-2H3,(H,26,29). The van der Waals surface area contributed by atoms with Gasteiger partial charge in [0.05, 0.1) is 25.9 Å². The van der Waals surface area contributed by atoms with E-state index in [2.05, 4.69) is 22.5 Å². The molecule has 0 aliphatic carbocycles. The van der Waals surface area contributed by atoms with Crippen LogP contribution in [0, 0.1) is 5.92 Å². The summed E-state index contributed by atoms with van der Waals surface area (Å²) in [6, 6.07) is 7.35. The molecule has 3 aliphatic rings. The normalized spacial score (nSPS) is 27.4. The molecule has 4 rings (SSSR count). The quantitative estimate of drug-likeness (QED) is 0.621. The molecule has 2 N–H and O–H groups in total. The van der Waals surface area contributed by atoms with Crippen molar-refractivity contribution >= 4 is 17.6 Å². The smallest absolute Gasteiger partial charge is 0.240 e. The van der Waals surface area contributed by atoms with Gasteiger partial charge in [0, 0.05) is 30.5 Å². The predicted octanol–water partition coefficient (Wildman–Crippen LogP) is 1.41. The van der Waals surface area contributed by atoms with Gasteiger partial charge in [0.2, 0.25) is 11.8 Å². The summed E-state index contributed by atoms with van der Waals surface area (Å²) in [6.07, 6.45) is 3.54. The zero-order valence-electron chi connectivity index (χ0n) is 19.0. The van der Waals surface area contributed by atoms with E-state index in [0.29, 0.717) is 19.5 Å². The highest BCUT2D eigenvalue weighted by molar-refractivity contribution is 5.98. The number of likely N-dealkylation sites (tertiary alicyclic amines) is 2. The fourth-order valence-electron chi connectivity index (χ4n) is 5.15. The lowest BCUT2D eigenvalue weighted by Crippen LogP contribution is -2.60. The Morgan fingerprint density at radius 3 is 2.47 bits per heavy atom. The number of ether oxygens (including phenoxy) is 1. The highest BCUT2D eigenvalue weighted by Crippen LogP contribution is 2.27. The van der Waals surface area contributed by atoms with Crippen LogP contribution in [0.4, 0.5) is 0 Å². The van der Waals surface area contributed by atoms with Crippen LogP contribution in [0.3, 0.4) is 0 Å². The Kier molecular flexibility index (Phi) is 7.10. The molecular weight excluding hydrogens is 408 g/mol. The zero-order chi connectivity index (χ0) is 22.7. The van der Waals surface area contributed by atoms with Crippen LogP contribution < -0.4 is 15.4 Å². The number of hydrogen-bond acceptors (Lipinski definition) is 6. The second-order valence-corrected chi connectivity index (χ2v) is 9.09. The summed E-state index contributed by atoms with van der Waals surface area (Å²) in [5.41, 5.74) is 0.722. The van der Waals surface area contributed by atoms with E-state index >= 15 is 0 Å². The van der Waals surface area contributed by atoms with E-state index in [4.69, 9.17) is 4.74 Å². The van der Waals surface area contributed by atoms with Crippen molar-refractivity contribution in [3.8, 4) is 5.75 Å². The van der Waals surface area contributed by atoms with Crippen LogP contribution in [0.5, 0.6) is 5.75 Å². The number of Topliss-reactive ketones (excluding diaryl/α,β-unsaturated/α-hetero) is 1. The second kappa shape index (κ2) is 10.0. The van der Waals surface area contributed by atoms with Crippen LogP contribution in [0.1, 0.15) is 49.4 Å². The van der Waals surface area contributed by atoms with E-state index < -0.39 is 0 Å². The maximum Gasteiger partial charge on any atom is 0.240 e. The van der Waals surface area contributed by atoms with E-state index in [1.807, 2.05) is 29.2 Å². The first kappa shape index (κ1) is 22.7. The van der Waals surface area contributed by atoms with Crippen molar-refractivity contribution in [2.45, 2.75) is 57.3 Å². The molecule has 3 atom stereocenters. The average Bonchev–Trinajstić information content (AvgIpc) is 3.18. The van der Waals surface area contributed by atoms with Gasteiger partial charge < -0.3 is 15.0 Å². The minimum absolute atomic E-state index is 0.000110. The number of benzene rings is 1. The molecule has 3 heterocycles. The van der Waals surface area contributed by atoms with Crippen molar-refractivity contribution in [1.29, 1.82) is 0 Å². The van der Waals surface area contributed by atoms with Gasteiger partial charge in [-0.05, 0) is 63.0 Å². The first-order valence-corrected chi connectivity index (χ1v) is 11.7. The minimum Gasteiger partial charge on any atom is -0.497 e. The van der Waals surface area contributed by atoms with E-state index in [1.165, 1.54) is 0 Å². The number of carbonyl (C=O) groups excluding carboxylic acids is 3. The highest BCUT2D eigenvalue weighted by atomic mass is 16.5. The Hall–Kier alpha value is -2.45. The van der Waals surface area contributed by atoms with Crippen molar-refractivity contribution in [2.75, 3.05) is 33.3 Å². The summed E-state index contributed by atoms with van der Waals surface area (Å²) < 4.78 is 5.17. The number of ketones is 1. The van der Waals surface area contributed by atoms with Crippen molar-refractivity contribution in [2.24, 2.45) is 5.92 Å². The first-order valence-electron chi connectivity index (χ1n) is 11.7. The lowest BCUT2D eigenvalue weighted by atomic mass is 9.88. The van der Waals surface area contributed by atoms with Crippen LogP contribution in [0.15, 0.2) is 24.3 Å². The lowest BCUT2D eigenvalue weighted by Gasteiger charge is -2.35. The molecule has 3 aliphatic heterocycles. The molecule has 0 radical (unpaired) electrons. The van der Waals surface area contributed by atoms with E-state index in [1.54, 1.807) is 7.11 Å². The van der Waals surface area contributed by atoms with Crippen LogP contribution in [-0.4, -0.2) is 78.9 Å². The Labute approximate surface area is 189 Å². The topological polar surface area (TPSA) is 91.0 Å². The zero-order valence-corrected chi connectivity index (χ0v) is 19.0. The third-order valence-corrected chi connectivity index (χ3v) is 7.08. The molecule has 3 saturated heterocycles. The van der Waals surface area contributed by atoms with Crippen LogP contribution in [0.25, 0.3) is 0 Å². The molecule has 1 aromatic carbocycles. The van der Waals surface area contributed by atoms with Gasteiger partial charge in [0.15, 0.2) is 5.78 Å². The number of piperidine rings is 1. The monoisotopic (exact) mass is 442 g/mol. The number of hydrogen-bond donors (Lipinski definition) is 2. The summed E-state index contributed by atoms with van der Waals surface area (Å²) in [6.45, 7) is 4.79. The lowest BCUT2D eigenvalue weighted by molar-refractivity contribution is -0.134. The van der Waals surface area contributed by atoms with Gasteiger partial charge >= 0.3 is 0 Å². The van der Waals surface area contributed by atoms with Gasteiger partial charge in [-0.15, -0.1) is 0 Å². The summed E-state index contributed by atoms with van der Waals surface area (Å²) in [4.78, 5) is 42.0. The molecule has 0 bridgehead atoms. The van der Waals surface area contributed by atoms with Gasteiger partial charge in [-0.25, -0.2) is 0 Å². The molecule has 0 spiro atoms. The first-order chi connectivity index (χ1) is 15.5.